The van der Waals surface area contributed by atoms with Crippen molar-refractivity contribution in [1.82, 2.24) is 10.2 Å². The zero-order valence-corrected chi connectivity index (χ0v) is 9.56. The molecule has 0 saturated carbocycles. The van der Waals surface area contributed by atoms with Crippen LogP contribution in [0.25, 0.3) is 0 Å². The molecule has 0 atom stereocenters. The minimum Gasteiger partial charge on any atom is -0.314 e. The van der Waals surface area contributed by atoms with Crippen LogP contribution in [0.15, 0.2) is 0 Å². The van der Waals surface area contributed by atoms with Gasteiger partial charge < -0.3 is 10.2 Å². The van der Waals surface area contributed by atoms with Gasteiger partial charge in [0.25, 0.3) is 0 Å². The van der Waals surface area contributed by atoms with Crippen LogP contribution in [-0.2, 0) is 0 Å². The van der Waals surface area contributed by atoms with Gasteiger partial charge in [-0.15, -0.1) is 0 Å². The largest absolute Gasteiger partial charge is 0.314 e. The van der Waals surface area contributed by atoms with Crippen molar-refractivity contribution in [2.24, 2.45) is 5.92 Å². The van der Waals surface area contributed by atoms with Crippen LogP contribution in [0.1, 0.15) is 33.1 Å². The van der Waals surface area contributed by atoms with Gasteiger partial charge in [-0.1, -0.05) is 13.8 Å². The quantitative estimate of drug-likeness (QED) is 0.718. The third-order valence-electron chi connectivity index (χ3n) is 3.27. The van der Waals surface area contributed by atoms with E-state index in [4.69, 9.17) is 0 Å². The monoisotopic (exact) mass is 184 g/mol. The summed E-state index contributed by atoms with van der Waals surface area (Å²) in [6.45, 7) is 7.12. The molecule has 2 nitrogen and oxygen atoms in total. The molecule has 1 aliphatic heterocycles. The summed E-state index contributed by atoms with van der Waals surface area (Å²) < 4.78 is 0. The summed E-state index contributed by atoms with van der Waals surface area (Å²) in [6, 6.07) is 0. The summed E-state index contributed by atoms with van der Waals surface area (Å²) in [5, 5.41) is 3.54. The van der Waals surface area contributed by atoms with Crippen LogP contribution in [0.5, 0.6) is 0 Å². The first-order valence-electron chi connectivity index (χ1n) is 5.45. The normalized spacial score (nSPS) is 23.8. The molecule has 0 aromatic heterocycles. The number of nitrogens with one attached hydrogen (secondary N) is 1. The molecule has 1 heterocycles. The number of hydrogen-bond donors (Lipinski definition) is 1. The van der Waals surface area contributed by atoms with Gasteiger partial charge in [-0.3, -0.25) is 0 Å². The Morgan fingerprint density at radius 1 is 1.31 bits per heavy atom. The molecular formula is C11H24N2. The van der Waals surface area contributed by atoms with Gasteiger partial charge >= 0.3 is 0 Å². The Labute approximate surface area is 82.7 Å². The van der Waals surface area contributed by atoms with Gasteiger partial charge in [0.1, 0.15) is 0 Å². The van der Waals surface area contributed by atoms with Gasteiger partial charge in [0.15, 0.2) is 0 Å². The number of rotatable bonds is 3. The summed E-state index contributed by atoms with van der Waals surface area (Å²) >= 11 is 0. The minimum absolute atomic E-state index is 0.431. The Morgan fingerprint density at radius 2 is 1.85 bits per heavy atom. The van der Waals surface area contributed by atoms with Crippen molar-refractivity contribution in [2.75, 3.05) is 27.2 Å². The fourth-order valence-corrected chi connectivity index (χ4v) is 2.38. The summed E-state index contributed by atoms with van der Waals surface area (Å²) in [5.41, 5.74) is 0.431. The van der Waals surface area contributed by atoms with E-state index >= 15 is 0 Å². The van der Waals surface area contributed by atoms with Gasteiger partial charge in [0, 0.05) is 5.54 Å². The van der Waals surface area contributed by atoms with E-state index in [1.807, 2.05) is 0 Å². The van der Waals surface area contributed by atoms with E-state index in [2.05, 4.69) is 38.2 Å². The molecule has 0 aromatic rings. The molecule has 0 bridgehead atoms. The maximum Gasteiger partial charge on any atom is 0.0205 e. The van der Waals surface area contributed by atoms with Gasteiger partial charge in [0.2, 0.25) is 0 Å². The fraction of sp³-hybridized carbons (Fsp3) is 1.00. The molecule has 1 saturated heterocycles. The Kier molecular flexibility index (Phi) is 3.74. The van der Waals surface area contributed by atoms with Crippen molar-refractivity contribution >= 4 is 0 Å². The molecule has 2 heteroatoms. The molecule has 0 aromatic carbocycles. The SMILES string of the molecule is CNC1(CC(C)C)CCN(C)CC1. The van der Waals surface area contributed by atoms with Crippen LogP contribution in [-0.4, -0.2) is 37.6 Å². The van der Waals surface area contributed by atoms with E-state index in [0.29, 0.717) is 5.54 Å². The topological polar surface area (TPSA) is 15.3 Å². The highest BCUT2D eigenvalue weighted by Gasteiger charge is 2.32. The van der Waals surface area contributed by atoms with Gasteiger partial charge in [-0.25, -0.2) is 0 Å². The highest BCUT2D eigenvalue weighted by molar-refractivity contribution is 4.92. The van der Waals surface area contributed by atoms with Crippen molar-refractivity contribution < 1.29 is 0 Å². The van der Waals surface area contributed by atoms with Crippen molar-refractivity contribution in [3.63, 3.8) is 0 Å². The zero-order chi connectivity index (χ0) is 9.90. The lowest BCUT2D eigenvalue weighted by atomic mass is 9.81. The molecule has 0 unspecified atom stereocenters. The van der Waals surface area contributed by atoms with Crippen LogP contribution in [0, 0.1) is 5.92 Å². The second-order valence-electron chi connectivity index (χ2n) is 4.93. The Morgan fingerprint density at radius 3 is 2.23 bits per heavy atom. The number of hydrogen-bond acceptors (Lipinski definition) is 2. The van der Waals surface area contributed by atoms with Crippen LogP contribution in [0.3, 0.4) is 0 Å². The van der Waals surface area contributed by atoms with E-state index in [9.17, 15) is 0 Å². The lowest BCUT2D eigenvalue weighted by Gasteiger charge is -2.41. The molecule has 0 amide bonds. The molecule has 0 radical (unpaired) electrons. The van der Waals surface area contributed by atoms with Gasteiger partial charge in [-0.05, 0) is 52.4 Å². The molecule has 1 N–H and O–H groups in total. The fourth-order valence-electron chi connectivity index (χ4n) is 2.38. The second-order valence-corrected chi connectivity index (χ2v) is 4.93. The smallest absolute Gasteiger partial charge is 0.0205 e. The molecule has 1 rings (SSSR count). The third kappa shape index (κ3) is 2.96. The highest BCUT2D eigenvalue weighted by Crippen LogP contribution is 2.27. The van der Waals surface area contributed by atoms with Crippen molar-refractivity contribution in [3.05, 3.63) is 0 Å². The van der Waals surface area contributed by atoms with Gasteiger partial charge in [-0.2, -0.15) is 0 Å². The summed E-state index contributed by atoms with van der Waals surface area (Å²) in [5.74, 6) is 0.802. The number of nitrogens with zero attached hydrogens (tertiary/aromatic N) is 1. The van der Waals surface area contributed by atoms with Gasteiger partial charge in [0.05, 0.1) is 0 Å². The average molecular weight is 184 g/mol. The van der Waals surface area contributed by atoms with E-state index in [1.165, 1.54) is 32.4 Å². The maximum atomic E-state index is 3.54. The zero-order valence-electron chi connectivity index (χ0n) is 9.56. The predicted octanol–water partition coefficient (Wildman–Crippen LogP) is 1.72. The maximum absolute atomic E-state index is 3.54. The first kappa shape index (κ1) is 11.0. The first-order valence-corrected chi connectivity index (χ1v) is 5.45. The van der Waals surface area contributed by atoms with Crippen molar-refractivity contribution in [3.8, 4) is 0 Å². The molecular weight excluding hydrogens is 160 g/mol. The highest BCUT2D eigenvalue weighted by atomic mass is 15.1. The molecule has 0 spiro atoms. The van der Waals surface area contributed by atoms with E-state index in [1.54, 1.807) is 0 Å². The van der Waals surface area contributed by atoms with E-state index < -0.39 is 0 Å². The number of likely N-dealkylation sites (tertiary alicyclic amines) is 1. The molecule has 0 aliphatic carbocycles. The molecule has 78 valence electrons. The second kappa shape index (κ2) is 4.43. The Balaban J connectivity index is 2.50. The summed E-state index contributed by atoms with van der Waals surface area (Å²) in [7, 11) is 4.34. The van der Waals surface area contributed by atoms with E-state index in [-0.39, 0.29) is 0 Å². The standard InChI is InChI=1S/C11H24N2/c1-10(2)9-11(12-3)5-7-13(4)8-6-11/h10,12H,5-9H2,1-4H3. The predicted molar refractivity (Wildman–Crippen MR) is 58.0 cm³/mol. The third-order valence-corrected chi connectivity index (χ3v) is 3.27. The minimum atomic E-state index is 0.431. The van der Waals surface area contributed by atoms with Crippen molar-refractivity contribution in [1.29, 1.82) is 0 Å². The summed E-state index contributed by atoms with van der Waals surface area (Å²) in [6.07, 6.45) is 3.92. The summed E-state index contributed by atoms with van der Waals surface area (Å²) in [4.78, 5) is 2.43. The first-order chi connectivity index (χ1) is 6.08. The van der Waals surface area contributed by atoms with Crippen LogP contribution >= 0.6 is 0 Å². The van der Waals surface area contributed by atoms with E-state index in [0.717, 1.165) is 5.92 Å². The van der Waals surface area contributed by atoms with Crippen molar-refractivity contribution in [2.45, 2.75) is 38.6 Å². The molecule has 13 heavy (non-hydrogen) atoms. The van der Waals surface area contributed by atoms with Crippen LogP contribution in [0.4, 0.5) is 0 Å². The lowest BCUT2D eigenvalue weighted by molar-refractivity contribution is 0.143. The molecule has 1 aliphatic rings. The van der Waals surface area contributed by atoms with Crippen LogP contribution < -0.4 is 5.32 Å². The van der Waals surface area contributed by atoms with Crippen LogP contribution in [0.2, 0.25) is 0 Å². The Hall–Kier alpha value is -0.0800. The lowest BCUT2D eigenvalue weighted by Crippen LogP contribution is -2.51. The molecule has 1 fully saturated rings. The Bertz CT molecular complexity index is 146. The number of piperidine rings is 1. The average Bonchev–Trinajstić information content (AvgIpc) is 2.09.